The van der Waals surface area contributed by atoms with Crippen molar-refractivity contribution in [2.24, 2.45) is 7.05 Å². The fourth-order valence-electron chi connectivity index (χ4n) is 1.98. The van der Waals surface area contributed by atoms with Gasteiger partial charge in [0, 0.05) is 24.3 Å². The summed E-state index contributed by atoms with van der Waals surface area (Å²) >= 11 is 6.02. The lowest BCUT2D eigenvalue weighted by Gasteiger charge is -1.98. The molecule has 3 rings (SSSR count). The summed E-state index contributed by atoms with van der Waals surface area (Å²) in [6.45, 7) is 0.138. The van der Waals surface area contributed by atoms with Crippen molar-refractivity contribution in [1.29, 1.82) is 0 Å². The molecule has 0 aliphatic heterocycles. The highest BCUT2D eigenvalue weighted by molar-refractivity contribution is 6.32. The summed E-state index contributed by atoms with van der Waals surface area (Å²) in [6, 6.07) is 7.26. The summed E-state index contributed by atoms with van der Waals surface area (Å²) in [4.78, 5) is 16.0. The molecule has 1 amide bonds. The van der Waals surface area contributed by atoms with Gasteiger partial charge in [-0.1, -0.05) is 35.0 Å². The van der Waals surface area contributed by atoms with Gasteiger partial charge in [-0.3, -0.25) is 9.48 Å². The molecule has 0 atom stereocenters. The summed E-state index contributed by atoms with van der Waals surface area (Å²) in [7, 11) is 1.80. The van der Waals surface area contributed by atoms with Crippen LogP contribution in [0.4, 0.5) is 0 Å². The fourth-order valence-corrected chi connectivity index (χ4v) is 2.18. The van der Waals surface area contributed by atoms with Gasteiger partial charge in [-0.2, -0.15) is 10.1 Å². The van der Waals surface area contributed by atoms with Crippen molar-refractivity contribution in [3.63, 3.8) is 0 Å². The standard InChI is InChI=1S/C16H14ClN5O2/c1-22-10-12(8-19-22)16-20-15(24-21-16)9-18-14(23)7-6-11-4-2-3-5-13(11)17/h2-8,10H,9H2,1H3,(H,18,23). The molecule has 2 heterocycles. The van der Waals surface area contributed by atoms with E-state index in [2.05, 4.69) is 20.6 Å². The fraction of sp³-hybridized carbons (Fsp3) is 0.125. The Morgan fingerprint density at radius 2 is 2.25 bits per heavy atom. The van der Waals surface area contributed by atoms with Gasteiger partial charge in [-0.15, -0.1) is 0 Å². The van der Waals surface area contributed by atoms with E-state index >= 15 is 0 Å². The summed E-state index contributed by atoms with van der Waals surface area (Å²) in [5.41, 5.74) is 1.52. The Morgan fingerprint density at radius 3 is 3.00 bits per heavy atom. The number of carbonyl (C=O) groups excluding carboxylic acids is 1. The number of hydrogen-bond acceptors (Lipinski definition) is 5. The minimum absolute atomic E-state index is 0.138. The monoisotopic (exact) mass is 343 g/mol. The third-order valence-electron chi connectivity index (χ3n) is 3.16. The molecule has 8 heteroatoms. The Balaban J connectivity index is 1.57. The summed E-state index contributed by atoms with van der Waals surface area (Å²) in [6.07, 6.45) is 6.46. The maximum atomic E-state index is 11.8. The molecule has 2 aromatic heterocycles. The van der Waals surface area contributed by atoms with Crippen molar-refractivity contribution in [3.8, 4) is 11.4 Å². The molecule has 1 N–H and O–H groups in total. The predicted molar refractivity (Wildman–Crippen MR) is 88.8 cm³/mol. The molecule has 0 saturated heterocycles. The summed E-state index contributed by atoms with van der Waals surface area (Å²) in [5.74, 6) is 0.461. The van der Waals surface area contributed by atoms with Gasteiger partial charge in [0.1, 0.15) is 0 Å². The van der Waals surface area contributed by atoms with Crippen molar-refractivity contribution >= 4 is 23.6 Å². The van der Waals surface area contributed by atoms with Crippen LogP contribution in [0.15, 0.2) is 47.3 Å². The van der Waals surface area contributed by atoms with E-state index in [1.54, 1.807) is 36.3 Å². The van der Waals surface area contributed by atoms with Gasteiger partial charge in [0.25, 0.3) is 0 Å². The highest BCUT2D eigenvalue weighted by atomic mass is 35.5. The molecule has 0 aliphatic carbocycles. The number of halogens is 1. The van der Waals surface area contributed by atoms with Gasteiger partial charge < -0.3 is 9.84 Å². The molecule has 1 aromatic carbocycles. The summed E-state index contributed by atoms with van der Waals surface area (Å²) < 4.78 is 6.75. The maximum Gasteiger partial charge on any atom is 0.246 e. The molecule has 0 bridgehead atoms. The van der Waals surface area contributed by atoms with Crippen LogP contribution in [-0.4, -0.2) is 25.8 Å². The largest absolute Gasteiger partial charge is 0.343 e. The summed E-state index contributed by atoms with van der Waals surface area (Å²) in [5, 5.41) is 11.2. The molecular weight excluding hydrogens is 330 g/mol. The zero-order chi connectivity index (χ0) is 16.9. The molecule has 0 unspecified atom stereocenters. The van der Waals surface area contributed by atoms with Crippen LogP contribution in [0, 0.1) is 0 Å². The number of nitrogens with one attached hydrogen (secondary N) is 1. The molecule has 7 nitrogen and oxygen atoms in total. The van der Waals surface area contributed by atoms with E-state index in [-0.39, 0.29) is 12.5 Å². The van der Waals surface area contributed by atoms with Gasteiger partial charge in [0.15, 0.2) is 0 Å². The van der Waals surface area contributed by atoms with E-state index in [1.165, 1.54) is 6.08 Å². The minimum atomic E-state index is -0.281. The van der Waals surface area contributed by atoms with E-state index in [4.69, 9.17) is 16.1 Å². The average molecular weight is 344 g/mol. The van der Waals surface area contributed by atoms with Gasteiger partial charge in [-0.05, 0) is 17.7 Å². The van der Waals surface area contributed by atoms with E-state index < -0.39 is 0 Å². The molecule has 122 valence electrons. The highest BCUT2D eigenvalue weighted by Gasteiger charge is 2.10. The Morgan fingerprint density at radius 1 is 1.42 bits per heavy atom. The highest BCUT2D eigenvalue weighted by Crippen LogP contribution is 2.16. The Hall–Kier alpha value is -2.93. The Kier molecular flexibility index (Phi) is 4.72. The van der Waals surface area contributed by atoms with Crippen LogP contribution < -0.4 is 5.32 Å². The molecule has 24 heavy (non-hydrogen) atoms. The van der Waals surface area contributed by atoms with Crippen molar-refractivity contribution < 1.29 is 9.32 Å². The smallest absolute Gasteiger partial charge is 0.246 e. The Bertz CT molecular complexity index is 884. The number of rotatable bonds is 5. The van der Waals surface area contributed by atoms with Crippen molar-refractivity contribution in [3.05, 3.63) is 59.2 Å². The average Bonchev–Trinajstić information content (AvgIpc) is 3.21. The molecule has 0 saturated carbocycles. The first-order valence-corrected chi connectivity index (χ1v) is 7.51. The van der Waals surface area contributed by atoms with Gasteiger partial charge in [-0.25, -0.2) is 0 Å². The molecule has 0 fully saturated rings. The van der Waals surface area contributed by atoms with Crippen molar-refractivity contribution in [1.82, 2.24) is 25.2 Å². The second-order valence-corrected chi connectivity index (χ2v) is 5.39. The number of hydrogen-bond donors (Lipinski definition) is 1. The van der Waals surface area contributed by atoms with Gasteiger partial charge in [0.05, 0.1) is 18.3 Å². The SMILES string of the molecule is Cn1cc(-c2noc(CNC(=O)C=Cc3ccccc3Cl)n2)cn1. The molecule has 0 aliphatic rings. The first-order valence-electron chi connectivity index (χ1n) is 7.14. The lowest BCUT2D eigenvalue weighted by atomic mass is 10.2. The van der Waals surface area contributed by atoms with Gasteiger partial charge in [0.2, 0.25) is 17.6 Å². The second kappa shape index (κ2) is 7.10. The third-order valence-corrected chi connectivity index (χ3v) is 3.51. The molecule has 3 aromatic rings. The topological polar surface area (TPSA) is 85.8 Å². The first kappa shape index (κ1) is 15.9. The van der Waals surface area contributed by atoms with Crippen LogP contribution in [-0.2, 0) is 18.4 Å². The van der Waals surface area contributed by atoms with Crippen LogP contribution in [0.5, 0.6) is 0 Å². The van der Waals surface area contributed by atoms with E-state index in [9.17, 15) is 4.79 Å². The maximum absolute atomic E-state index is 11.8. The van der Waals surface area contributed by atoms with E-state index in [0.29, 0.717) is 16.7 Å². The van der Waals surface area contributed by atoms with Crippen LogP contribution in [0.1, 0.15) is 11.5 Å². The number of benzene rings is 1. The number of aryl methyl sites for hydroxylation is 1. The molecule has 0 radical (unpaired) electrons. The van der Waals surface area contributed by atoms with Crippen LogP contribution in [0.25, 0.3) is 17.5 Å². The van der Waals surface area contributed by atoms with Crippen LogP contribution in [0.3, 0.4) is 0 Å². The van der Waals surface area contributed by atoms with Crippen molar-refractivity contribution in [2.45, 2.75) is 6.54 Å². The van der Waals surface area contributed by atoms with E-state index in [1.807, 2.05) is 18.2 Å². The number of aromatic nitrogens is 4. The quantitative estimate of drug-likeness (QED) is 0.719. The lowest BCUT2D eigenvalue weighted by Crippen LogP contribution is -2.20. The number of amides is 1. The van der Waals surface area contributed by atoms with Crippen LogP contribution >= 0.6 is 11.6 Å². The Labute approximate surface area is 142 Å². The zero-order valence-corrected chi connectivity index (χ0v) is 13.6. The minimum Gasteiger partial charge on any atom is -0.343 e. The number of carbonyl (C=O) groups is 1. The second-order valence-electron chi connectivity index (χ2n) is 4.99. The molecule has 0 spiro atoms. The van der Waals surface area contributed by atoms with E-state index in [0.717, 1.165) is 11.1 Å². The lowest BCUT2D eigenvalue weighted by molar-refractivity contribution is -0.116. The van der Waals surface area contributed by atoms with Crippen molar-refractivity contribution in [2.75, 3.05) is 0 Å². The number of nitrogens with zero attached hydrogens (tertiary/aromatic N) is 4. The first-order chi connectivity index (χ1) is 11.6. The molecular formula is C16H14ClN5O2. The predicted octanol–water partition coefficient (Wildman–Crippen LogP) is 2.45. The van der Waals surface area contributed by atoms with Gasteiger partial charge >= 0.3 is 0 Å². The normalized spacial score (nSPS) is 11.1. The zero-order valence-electron chi connectivity index (χ0n) is 12.8. The third kappa shape index (κ3) is 3.88. The van der Waals surface area contributed by atoms with Crippen LogP contribution in [0.2, 0.25) is 5.02 Å².